The number of halogens is 1. The first kappa shape index (κ1) is 19.7. The molecule has 0 bridgehead atoms. The van der Waals surface area contributed by atoms with Crippen molar-refractivity contribution < 1.29 is 14.4 Å². The largest absolute Gasteiger partial charge is 0.325 e. The summed E-state index contributed by atoms with van der Waals surface area (Å²) in [7, 11) is 0. The van der Waals surface area contributed by atoms with Crippen molar-refractivity contribution in [3.8, 4) is 0 Å². The zero-order valence-electron chi connectivity index (χ0n) is 15.3. The maximum absolute atomic E-state index is 12.9. The highest BCUT2D eigenvalue weighted by molar-refractivity contribution is 9.10. The topological polar surface area (TPSA) is 66.5 Å². The van der Waals surface area contributed by atoms with Gasteiger partial charge in [-0.2, -0.15) is 0 Å². The van der Waals surface area contributed by atoms with Crippen LogP contribution in [0.25, 0.3) is 10.8 Å². The molecule has 5 nitrogen and oxygen atoms in total. The van der Waals surface area contributed by atoms with Crippen LogP contribution in [0.5, 0.6) is 0 Å². The predicted molar refractivity (Wildman–Crippen MR) is 120 cm³/mol. The van der Waals surface area contributed by atoms with Gasteiger partial charge in [0.2, 0.25) is 17.7 Å². The van der Waals surface area contributed by atoms with Crippen LogP contribution in [0.1, 0.15) is 6.42 Å². The first-order valence-corrected chi connectivity index (χ1v) is 10.9. The lowest BCUT2D eigenvalue weighted by molar-refractivity contribution is -0.121. The van der Waals surface area contributed by atoms with E-state index < -0.39 is 5.25 Å². The fourth-order valence-corrected chi connectivity index (χ4v) is 4.49. The highest BCUT2D eigenvalue weighted by Gasteiger charge is 2.40. The van der Waals surface area contributed by atoms with Gasteiger partial charge in [0.15, 0.2) is 0 Å². The van der Waals surface area contributed by atoms with Crippen LogP contribution < -0.4 is 10.2 Å². The summed E-state index contributed by atoms with van der Waals surface area (Å²) in [5.41, 5.74) is 1.28. The molecule has 3 amide bonds. The summed E-state index contributed by atoms with van der Waals surface area (Å²) < 4.78 is 0.925. The van der Waals surface area contributed by atoms with Gasteiger partial charge < -0.3 is 5.32 Å². The zero-order chi connectivity index (χ0) is 20.4. The Hall–Kier alpha value is -2.64. The summed E-state index contributed by atoms with van der Waals surface area (Å²) >= 11 is 4.55. The number of carbonyl (C=O) groups is 3. The van der Waals surface area contributed by atoms with Crippen molar-refractivity contribution in [3.05, 3.63) is 71.2 Å². The molecule has 1 unspecified atom stereocenters. The first-order chi connectivity index (χ1) is 14.0. The number of thioether (sulfide) groups is 1. The van der Waals surface area contributed by atoms with E-state index >= 15 is 0 Å². The molecular weight excluding hydrogens is 452 g/mol. The van der Waals surface area contributed by atoms with Gasteiger partial charge in [0, 0.05) is 22.0 Å². The summed E-state index contributed by atoms with van der Waals surface area (Å²) in [5, 5.41) is 4.06. The summed E-state index contributed by atoms with van der Waals surface area (Å²) in [4.78, 5) is 39.0. The predicted octanol–water partition coefficient (Wildman–Crippen LogP) is 4.61. The van der Waals surface area contributed by atoms with Crippen LogP contribution in [-0.4, -0.2) is 28.7 Å². The fraction of sp³-hybridized carbons (Fsp3) is 0.136. The lowest BCUT2D eigenvalue weighted by Gasteiger charge is -2.17. The Kier molecular flexibility index (Phi) is 5.69. The second kappa shape index (κ2) is 8.39. The van der Waals surface area contributed by atoms with Gasteiger partial charge in [-0.1, -0.05) is 52.3 Å². The van der Waals surface area contributed by atoms with E-state index in [2.05, 4.69) is 21.2 Å². The third-order valence-electron chi connectivity index (χ3n) is 4.66. The average Bonchev–Trinajstić information content (AvgIpc) is 3.01. The normalized spacial score (nSPS) is 16.4. The van der Waals surface area contributed by atoms with Crippen LogP contribution in [0.15, 0.2) is 71.2 Å². The van der Waals surface area contributed by atoms with Crippen LogP contribution in [0.2, 0.25) is 0 Å². The van der Waals surface area contributed by atoms with E-state index in [1.54, 1.807) is 18.2 Å². The summed E-state index contributed by atoms with van der Waals surface area (Å²) in [5.74, 6) is -0.616. The van der Waals surface area contributed by atoms with Crippen LogP contribution in [0.3, 0.4) is 0 Å². The third-order valence-corrected chi connectivity index (χ3v) is 6.38. The Labute approximate surface area is 180 Å². The van der Waals surface area contributed by atoms with Gasteiger partial charge in [-0.25, -0.2) is 4.90 Å². The molecule has 3 aromatic rings. The van der Waals surface area contributed by atoms with Crippen LogP contribution in [0, 0.1) is 0 Å². The number of anilines is 2. The average molecular weight is 469 g/mol. The van der Waals surface area contributed by atoms with Crippen molar-refractivity contribution in [1.29, 1.82) is 0 Å². The first-order valence-electron chi connectivity index (χ1n) is 9.04. The molecule has 1 heterocycles. The maximum Gasteiger partial charge on any atom is 0.247 e. The van der Waals surface area contributed by atoms with Crippen LogP contribution in [-0.2, 0) is 14.4 Å². The molecule has 0 spiro atoms. The summed E-state index contributed by atoms with van der Waals surface area (Å²) in [6, 6.07) is 20.5. The molecule has 7 heteroatoms. The number of benzene rings is 3. The van der Waals surface area contributed by atoms with E-state index in [9.17, 15) is 14.4 Å². The lowest BCUT2D eigenvalue weighted by atomic mass is 10.1. The lowest BCUT2D eigenvalue weighted by Crippen LogP contribution is -2.31. The number of hydrogen-bond donors (Lipinski definition) is 1. The van der Waals surface area contributed by atoms with Crippen molar-refractivity contribution in [2.75, 3.05) is 16.0 Å². The number of nitrogens with one attached hydrogen (secondary N) is 1. The molecule has 146 valence electrons. The molecule has 1 fully saturated rings. The summed E-state index contributed by atoms with van der Waals surface area (Å²) in [6.07, 6.45) is 0.0955. The Morgan fingerprint density at radius 1 is 1.03 bits per heavy atom. The van der Waals surface area contributed by atoms with Gasteiger partial charge in [-0.3, -0.25) is 14.4 Å². The standard InChI is InChI=1S/C22H17BrN2O3S/c23-15-8-10-16(11-9-15)24-20(26)13-29-19-12-21(27)25(22(19)28)18-7-3-5-14-4-1-2-6-17(14)18/h1-11,19H,12-13H2,(H,24,26). The number of nitrogens with zero attached hydrogens (tertiary/aromatic N) is 1. The smallest absolute Gasteiger partial charge is 0.247 e. The Morgan fingerprint density at radius 3 is 2.55 bits per heavy atom. The number of amides is 3. The van der Waals surface area contributed by atoms with E-state index in [4.69, 9.17) is 0 Å². The SMILES string of the molecule is O=C(CSC1CC(=O)N(c2cccc3ccccc23)C1=O)Nc1ccc(Br)cc1. The second-order valence-electron chi connectivity index (χ2n) is 6.62. The number of hydrogen-bond acceptors (Lipinski definition) is 4. The highest BCUT2D eigenvalue weighted by Crippen LogP contribution is 2.34. The molecule has 1 atom stereocenters. The van der Waals surface area contributed by atoms with E-state index in [-0.39, 0.29) is 29.9 Å². The van der Waals surface area contributed by atoms with Crippen molar-refractivity contribution in [1.82, 2.24) is 0 Å². The van der Waals surface area contributed by atoms with Gasteiger partial charge in [0.05, 0.1) is 16.7 Å². The molecule has 0 saturated carbocycles. The van der Waals surface area contributed by atoms with Crippen LogP contribution >= 0.6 is 27.7 Å². The van der Waals surface area contributed by atoms with Crippen molar-refractivity contribution in [2.45, 2.75) is 11.7 Å². The van der Waals surface area contributed by atoms with Crippen LogP contribution in [0.4, 0.5) is 11.4 Å². The molecule has 0 aliphatic carbocycles. The van der Waals surface area contributed by atoms with E-state index in [0.29, 0.717) is 11.4 Å². The minimum atomic E-state index is -0.558. The molecule has 0 radical (unpaired) electrons. The number of carbonyl (C=O) groups excluding carboxylic acids is 3. The molecule has 29 heavy (non-hydrogen) atoms. The highest BCUT2D eigenvalue weighted by atomic mass is 79.9. The molecular formula is C22H17BrN2O3S. The summed E-state index contributed by atoms with van der Waals surface area (Å²) in [6.45, 7) is 0. The monoisotopic (exact) mass is 468 g/mol. The quantitative estimate of drug-likeness (QED) is 0.555. The van der Waals surface area contributed by atoms with Gasteiger partial charge in [-0.15, -0.1) is 11.8 Å². The van der Waals surface area contributed by atoms with Crippen molar-refractivity contribution >= 4 is 67.6 Å². The number of rotatable bonds is 5. The van der Waals surface area contributed by atoms with E-state index in [0.717, 1.165) is 15.2 Å². The molecule has 1 aliphatic rings. The number of fused-ring (bicyclic) bond motifs is 1. The number of imide groups is 1. The second-order valence-corrected chi connectivity index (χ2v) is 8.73. The minimum Gasteiger partial charge on any atom is -0.325 e. The maximum atomic E-state index is 12.9. The van der Waals surface area contributed by atoms with Gasteiger partial charge in [0.25, 0.3) is 0 Å². The van der Waals surface area contributed by atoms with Crippen molar-refractivity contribution in [3.63, 3.8) is 0 Å². The molecule has 4 rings (SSSR count). The Bertz CT molecular complexity index is 1100. The van der Waals surface area contributed by atoms with Gasteiger partial charge in [-0.05, 0) is 35.7 Å². The minimum absolute atomic E-state index is 0.0955. The molecule has 1 N–H and O–H groups in total. The molecule has 1 aliphatic heterocycles. The van der Waals surface area contributed by atoms with E-state index in [1.807, 2.05) is 48.5 Å². The van der Waals surface area contributed by atoms with Crippen molar-refractivity contribution in [2.24, 2.45) is 0 Å². The third kappa shape index (κ3) is 4.21. The fourth-order valence-electron chi connectivity index (χ4n) is 3.30. The molecule has 3 aromatic carbocycles. The van der Waals surface area contributed by atoms with Gasteiger partial charge in [0.1, 0.15) is 0 Å². The molecule has 1 saturated heterocycles. The Morgan fingerprint density at radius 2 is 1.76 bits per heavy atom. The van der Waals surface area contributed by atoms with E-state index in [1.165, 1.54) is 16.7 Å². The Balaban J connectivity index is 1.44. The van der Waals surface area contributed by atoms with Gasteiger partial charge >= 0.3 is 0 Å². The zero-order valence-corrected chi connectivity index (χ0v) is 17.7. The molecule has 0 aromatic heterocycles.